The number of hydrogen-bond acceptors (Lipinski definition) is 3. The zero-order valence-electron chi connectivity index (χ0n) is 17.2. The van der Waals surface area contributed by atoms with Gasteiger partial charge in [0.1, 0.15) is 0 Å². The number of carbonyl (C=O) groups excluding carboxylic acids is 1. The summed E-state index contributed by atoms with van der Waals surface area (Å²) in [4.78, 5) is 23.6. The summed E-state index contributed by atoms with van der Waals surface area (Å²) in [5.74, 6) is -2.13. The molecule has 1 aliphatic rings. The van der Waals surface area contributed by atoms with Crippen LogP contribution in [0.3, 0.4) is 0 Å². The highest BCUT2D eigenvalue weighted by Crippen LogP contribution is 2.37. The van der Waals surface area contributed by atoms with Crippen LogP contribution in [0.2, 0.25) is 0 Å². The molecule has 2 aromatic rings. The lowest BCUT2D eigenvalue weighted by Crippen LogP contribution is -2.29. The smallest absolute Gasteiger partial charge is 0.335 e. The minimum atomic E-state index is -0.997. The second-order valence-corrected chi connectivity index (χ2v) is 8.67. The molecule has 0 saturated carbocycles. The summed E-state index contributed by atoms with van der Waals surface area (Å²) in [5, 5.41) is 13.0. The third kappa shape index (κ3) is 5.21. The SMILES string of the molecule is CC(c1ccccc1C1CCC(Cl)CCCN1)C(C(N)=O)c1ccc(C(=O)O)cc1. The van der Waals surface area contributed by atoms with Crippen LogP contribution in [0.4, 0.5) is 0 Å². The number of benzene rings is 2. The molecular formula is C24H29ClN2O3. The van der Waals surface area contributed by atoms with Crippen LogP contribution in [0.5, 0.6) is 0 Å². The first-order chi connectivity index (χ1) is 14.4. The fraction of sp³-hybridized carbons (Fsp3) is 0.417. The van der Waals surface area contributed by atoms with E-state index in [0.29, 0.717) is 0 Å². The number of carboxylic acid groups (broad SMARTS) is 1. The van der Waals surface area contributed by atoms with Crippen molar-refractivity contribution in [1.82, 2.24) is 5.32 Å². The molecule has 1 amide bonds. The van der Waals surface area contributed by atoms with E-state index in [1.165, 1.54) is 17.7 Å². The lowest BCUT2D eigenvalue weighted by Gasteiger charge is -2.29. The van der Waals surface area contributed by atoms with Gasteiger partial charge in [-0.25, -0.2) is 4.79 Å². The topological polar surface area (TPSA) is 92.4 Å². The van der Waals surface area contributed by atoms with E-state index in [1.807, 2.05) is 19.1 Å². The molecule has 5 nitrogen and oxygen atoms in total. The van der Waals surface area contributed by atoms with Gasteiger partial charge < -0.3 is 16.2 Å². The molecule has 0 aliphatic carbocycles. The van der Waals surface area contributed by atoms with Crippen LogP contribution < -0.4 is 11.1 Å². The van der Waals surface area contributed by atoms with Crippen molar-refractivity contribution in [2.45, 2.75) is 55.9 Å². The monoisotopic (exact) mass is 428 g/mol. The van der Waals surface area contributed by atoms with E-state index in [2.05, 4.69) is 17.4 Å². The van der Waals surface area contributed by atoms with E-state index in [9.17, 15) is 9.59 Å². The average molecular weight is 429 g/mol. The summed E-state index contributed by atoms with van der Waals surface area (Å²) in [7, 11) is 0. The van der Waals surface area contributed by atoms with Gasteiger partial charge in [0.15, 0.2) is 0 Å². The summed E-state index contributed by atoms with van der Waals surface area (Å²) in [6.07, 6.45) is 3.95. The standard InChI is InChI=1S/C24H29ClN2O3/c1-15(22(23(26)28)16-8-10-17(11-9-16)24(29)30)19-6-2-3-7-20(19)21-13-12-18(25)5-4-14-27-21/h2-3,6-11,15,18,21-22,27H,4-5,12-14H2,1H3,(H2,26,28)(H,29,30). The number of aromatic carboxylic acids is 1. The molecular weight excluding hydrogens is 400 g/mol. The number of carboxylic acids is 1. The van der Waals surface area contributed by atoms with Gasteiger partial charge in [0.25, 0.3) is 0 Å². The summed E-state index contributed by atoms with van der Waals surface area (Å²) in [5.41, 5.74) is 8.96. The first-order valence-corrected chi connectivity index (χ1v) is 10.9. The predicted octanol–water partition coefficient (Wildman–Crippen LogP) is 4.57. The van der Waals surface area contributed by atoms with Crippen molar-refractivity contribution < 1.29 is 14.7 Å². The van der Waals surface area contributed by atoms with Gasteiger partial charge in [0.2, 0.25) is 5.91 Å². The molecule has 1 aliphatic heterocycles. The Kier molecular flexibility index (Phi) is 7.51. The minimum Gasteiger partial charge on any atom is -0.478 e. The third-order valence-electron chi connectivity index (χ3n) is 6.04. The number of carbonyl (C=O) groups is 2. The van der Waals surface area contributed by atoms with Crippen LogP contribution >= 0.6 is 11.6 Å². The Morgan fingerprint density at radius 1 is 1.10 bits per heavy atom. The molecule has 0 bridgehead atoms. The van der Waals surface area contributed by atoms with Crippen LogP contribution in [-0.4, -0.2) is 28.9 Å². The third-order valence-corrected chi connectivity index (χ3v) is 6.48. The number of amides is 1. The predicted molar refractivity (Wildman–Crippen MR) is 119 cm³/mol. The van der Waals surface area contributed by atoms with E-state index in [4.69, 9.17) is 22.4 Å². The van der Waals surface area contributed by atoms with Crippen molar-refractivity contribution in [2.75, 3.05) is 6.54 Å². The summed E-state index contributed by atoms with van der Waals surface area (Å²) in [6, 6.07) is 14.7. The highest BCUT2D eigenvalue weighted by molar-refractivity contribution is 6.20. The van der Waals surface area contributed by atoms with Crippen molar-refractivity contribution in [3.05, 3.63) is 70.8 Å². The Morgan fingerprint density at radius 3 is 2.47 bits per heavy atom. The molecule has 4 atom stereocenters. The Bertz CT molecular complexity index is 884. The maximum absolute atomic E-state index is 12.4. The summed E-state index contributed by atoms with van der Waals surface area (Å²) >= 11 is 6.43. The van der Waals surface area contributed by atoms with E-state index in [-0.39, 0.29) is 22.9 Å². The number of rotatable bonds is 6. The molecule has 30 heavy (non-hydrogen) atoms. The second kappa shape index (κ2) is 10.1. The number of nitrogens with one attached hydrogen (secondary N) is 1. The lowest BCUT2D eigenvalue weighted by atomic mass is 9.78. The zero-order valence-corrected chi connectivity index (χ0v) is 17.9. The van der Waals surface area contributed by atoms with Gasteiger partial charge in [-0.05, 0) is 67.0 Å². The molecule has 2 aromatic carbocycles. The first kappa shape index (κ1) is 22.3. The molecule has 0 aromatic heterocycles. The van der Waals surface area contributed by atoms with Gasteiger partial charge in [0, 0.05) is 11.4 Å². The van der Waals surface area contributed by atoms with Gasteiger partial charge in [-0.15, -0.1) is 11.6 Å². The van der Waals surface area contributed by atoms with E-state index in [1.54, 1.807) is 12.1 Å². The number of primary amides is 1. The lowest BCUT2D eigenvalue weighted by molar-refractivity contribution is -0.119. The molecule has 0 spiro atoms. The van der Waals surface area contributed by atoms with E-state index in [0.717, 1.165) is 43.4 Å². The first-order valence-electron chi connectivity index (χ1n) is 10.5. The van der Waals surface area contributed by atoms with Gasteiger partial charge in [0.05, 0.1) is 11.5 Å². The van der Waals surface area contributed by atoms with Crippen molar-refractivity contribution in [3.8, 4) is 0 Å². The highest BCUT2D eigenvalue weighted by atomic mass is 35.5. The maximum Gasteiger partial charge on any atom is 0.335 e. The van der Waals surface area contributed by atoms with Crippen molar-refractivity contribution in [2.24, 2.45) is 5.73 Å². The van der Waals surface area contributed by atoms with Gasteiger partial charge in [-0.1, -0.05) is 43.3 Å². The molecule has 160 valence electrons. The molecule has 6 heteroatoms. The fourth-order valence-electron chi connectivity index (χ4n) is 4.41. The number of hydrogen-bond donors (Lipinski definition) is 3. The quantitative estimate of drug-likeness (QED) is 0.587. The van der Waals surface area contributed by atoms with Crippen LogP contribution in [0.15, 0.2) is 48.5 Å². The van der Waals surface area contributed by atoms with E-state index < -0.39 is 17.8 Å². The normalized spacial score (nSPS) is 21.8. The molecule has 0 radical (unpaired) electrons. The zero-order chi connectivity index (χ0) is 21.7. The van der Waals surface area contributed by atoms with Crippen molar-refractivity contribution >= 4 is 23.5 Å². The Morgan fingerprint density at radius 2 is 1.80 bits per heavy atom. The average Bonchev–Trinajstić information content (AvgIpc) is 2.71. The Balaban J connectivity index is 1.93. The van der Waals surface area contributed by atoms with Gasteiger partial charge in [-0.2, -0.15) is 0 Å². The van der Waals surface area contributed by atoms with Gasteiger partial charge in [-0.3, -0.25) is 4.79 Å². The fourth-order valence-corrected chi connectivity index (χ4v) is 4.69. The van der Waals surface area contributed by atoms with E-state index >= 15 is 0 Å². The molecule has 1 heterocycles. The Labute approximate surface area is 182 Å². The summed E-state index contributed by atoms with van der Waals surface area (Å²) < 4.78 is 0. The number of nitrogens with two attached hydrogens (primary N) is 1. The largest absolute Gasteiger partial charge is 0.478 e. The molecule has 1 fully saturated rings. The Hall–Kier alpha value is -2.37. The van der Waals surface area contributed by atoms with Crippen LogP contribution in [0.25, 0.3) is 0 Å². The second-order valence-electron chi connectivity index (χ2n) is 8.05. The van der Waals surface area contributed by atoms with Crippen LogP contribution in [0.1, 0.15) is 77.5 Å². The van der Waals surface area contributed by atoms with Gasteiger partial charge >= 0.3 is 5.97 Å². The molecule has 3 rings (SSSR count). The van der Waals surface area contributed by atoms with Crippen molar-refractivity contribution in [3.63, 3.8) is 0 Å². The molecule has 4 unspecified atom stereocenters. The summed E-state index contributed by atoms with van der Waals surface area (Å²) in [6.45, 7) is 2.92. The van der Waals surface area contributed by atoms with Crippen LogP contribution in [-0.2, 0) is 4.79 Å². The highest BCUT2D eigenvalue weighted by Gasteiger charge is 2.29. The van der Waals surface area contributed by atoms with Crippen molar-refractivity contribution in [1.29, 1.82) is 0 Å². The number of alkyl halides is 1. The molecule has 1 saturated heterocycles. The molecule has 4 N–H and O–H groups in total. The van der Waals surface area contributed by atoms with Crippen LogP contribution in [0, 0.1) is 0 Å². The number of halogens is 1. The maximum atomic E-state index is 12.4. The minimum absolute atomic E-state index is 0.159.